The molecular weight excluding hydrogens is 344 g/mol. The lowest BCUT2D eigenvalue weighted by Gasteiger charge is -2.28. The first-order valence-electron chi connectivity index (χ1n) is 8.44. The first-order valence-corrected chi connectivity index (χ1v) is 8.44. The number of hydrogen-bond acceptors (Lipinski definition) is 4. The highest BCUT2D eigenvalue weighted by Gasteiger charge is 2.24. The Morgan fingerprint density at radius 2 is 2.27 bits per heavy atom. The maximum absolute atomic E-state index is 12.5. The molecule has 0 spiro atoms. The summed E-state index contributed by atoms with van der Waals surface area (Å²) in [5.74, 6) is 0.834. The van der Waals surface area contributed by atoms with Crippen LogP contribution in [0.25, 0.3) is 0 Å². The summed E-state index contributed by atoms with van der Waals surface area (Å²) in [5, 5.41) is 6.88. The van der Waals surface area contributed by atoms with Crippen LogP contribution in [-0.2, 0) is 13.0 Å². The Labute approximate surface area is 150 Å². The highest BCUT2D eigenvalue weighted by atomic mass is 19.3. The molecular formula is C18H21F2N3O3. The Hall–Kier alpha value is -2.64. The molecule has 3 rings (SSSR count). The van der Waals surface area contributed by atoms with Crippen molar-refractivity contribution in [3.05, 3.63) is 46.8 Å². The number of carbonyl (C=O) groups is 1. The molecule has 6 nitrogen and oxygen atoms in total. The van der Waals surface area contributed by atoms with Gasteiger partial charge >= 0.3 is 12.6 Å². The van der Waals surface area contributed by atoms with Crippen molar-refractivity contribution in [1.29, 1.82) is 0 Å². The van der Waals surface area contributed by atoms with Gasteiger partial charge in [-0.2, -0.15) is 8.78 Å². The Morgan fingerprint density at radius 1 is 1.46 bits per heavy atom. The predicted molar refractivity (Wildman–Crippen MR) is 90.0 cm³/mol. The van der Waals surface area contributed by atoms with Crippen LogP contribution in [0.4, 0.5) is 13.6 Å². The fourth-order valence-electron chi connectivity index (χ4n) is 3.18. The predicted octanol–water partition coefficient (Wildman–Crippen LogP) is 3.80. The Morgan fingerprint density at radius 3 is 2.96 bits per heavy atom. The van der Waals surface area contributed by atoms with Gasteiger partial charge in [-0.1, -0.05) is 11.2 Å². The maximum atomic E-state index is 12.5. The highest BCUT2D eigenvalue weighted by Crippen LogP contribution is 2.32. The molecule has 1 N–H and O–H groups in total. The second-order valence-corrected chi connectivity index (χ2v) is 6.42. The van der Waals surface area contributed by atoms with Crippen molar-refractivity contribution in [2.75, 3.05) is 7.05 Å². The first kappa shape index (κ1) is 18.2. The van der Waals surface area contributed by atoms with Crippen LogP contribution in [0.1, 0.15) is 41.5 Å². The van der Waals surface area contributed by atoms with Crippen LogP contribution in [0.2, 0.25) is 0 Å². The Kier molecular flexibility index (Phi) is 5.39. The number of benzene rings is 1. The van der Waals surface area contributed by atoms with E-state index in [1.807, 2.05) is 0 Å². The highest BCUT2D eigenvalue weighted by molar-refractivity contribution is 5.74. The molecule has 140 valence electrons. The third kappa shape index (κ3) is 4.30. The zero-order chi connectivity index (χ0) is 18.7. The molecule has 0 saturated carbocycles. The molecule has 1 aliphatic rings. The van der Waals surface area contributed by atoms with Gasteiger partial charge in [-0.3, -0.25) is 0 Å². The lowest BCUT2D eigenvalue weighted by atomic mass is 9.87. The molecule has 0 fully saturated rings. The maximum Gasteiger partial charge on any atom is 0.387 e. The summed E-state index contributed by atoms with van der Waals surface area (Å²) in [6.07, 6.45) is 2.43. The minimum Gasteiger partial charge on any atom is -0.435 e. The van der Waals surface area contributed by atoms with E-state index in [4.69, 9.17) is 4.52 Å². The average molecular weight is 365 g/mol. The fraction of sp³-hybridized carbons (Fsp3) is 0.444. The van der Waals surface area contributed by atoms with E-state index in [9.17, 15) is 13.6 Å². The Balaban J connectivity index is 1.66. The van der Waals surface area contributed by atoms with Gasteiger partial charge in [0.15, 0.2) is 0 Å². The number of aromatic nitrogens is 1. The van der Waals surface area contributed by atoms with Crippen molar-refractivity contribution in [3.63, 3.8) is 0 Å². The second kappa shape index (κ2) is 7.72. The zero-order valence-corrected chi connectivity index (χ0v) is 14.7. The molecule has 0 radical (unpaired) electrons. The van der Waals surface area contributed by atoms with Crippen molar-refractivity contribution in [2.45, 2.75) is 45.4 Å². The van der Waals surface area contributed by atoms with Crippen LogP contribution in [0.3, 0.4) is 0 Å². The quantitative estimate of drug-likeness (QED) is 0.875. The summed E-state index contributed by atoms with van der Waals surface area (Å²) in [7, 11) is 1.68. The third-order valence-electron chi connectivity index (χ3n) is 4.37. The monoisotopic (exact) mass is 365 g/mol. The molecule has 1 atom stereocenters. The molecule has 1 aromatic heterocycles. The van der Waals surface area contributed by atoms with Gasteiger partial charge in [-0.15, -0.1) is 0 Å². The van der Waals surface area contributed by atoms with E-state index in [2.05, 4.69) is 15.2 Å². The number of carbonyl (C=O) groups excluding carboxylic acids is 1. The molecule has 8 heteroatoms. The van der Waals surface area contributed by atoms with Gasteiger partial charge in [0, 0.05) is 13.1 Å². The van der Waals surface area contributed by atoms with E-state index in [0.29, 0.717) is 18.0 Å². The van der Waals surface area contributed by atoms with Gasteiger partial charge in [0.05, 0.1) is 12.6 Å². The molecule has 0 aliphatic heterocycles. The topological polar surface area (TPSA) is 67.6 Å². The van der Waals surface area contributed by atoms with Gasteiger partial charge < -0.3 is 19.5 Å². The number of halogens is 2. The molecule has 2 aromatic rings. The van der Waals surface area contributed by atoms with Crippen LogP contribution < -0.4 is 10.1 Å². The smallest absolute Gasteiger partial charge is 0.387 e. The normalized spacial score (nSPS) is 16.3. The summed E-state index contributed by atoms with van der Waals surface area (Å²) in [6, 6.07) is 6.28. The van der Waals surface area contributed by atoms with E-state index in [0.717, 1.165) is 30.4 Å². The second-order valence-electron chi connectivity index (χ2n) is 6.42. The molecule has 1 aromatic carbocycles. The third-order valence-corrected chi connectivity index (χ3v) is 4.37. The van der Waals surface area contributed by atoms with E-state index in [1.165, 1.54) is 11.0 Å². The largest absolute Gasteiger partial charge is 0.435 e. The van der Waals surface area contributed by atoms with Crippen LogP contribution in [-0.4, -0.2) is 29.7 Å². The first-order chi connectivity index (χ1) is 12.4. The zero-order valence-electron chi connectivity index (χ0n) is 14.7. The summed E-state index contributed by atoms with van der Waals surface area (Å²) < 4.78 is 34.2. The van der Waals surface area contributed by atoms with Gasteiger partial charge in [-0.25, -0.2) is 4.79 Å². The number of hydrogen-bond donors (Lipinski definition) is 1. The van der Waals surface area contributed by atoms with Crippen LogP contribution in [0.15, 0.2) is 28.8 Å². The summed E-state index contributed by atoms with van der Waals surface area (Å²) in [4.78, 5) is 14.0. The number of fused-ring (bicyclic) bond motifs is 1. The SMILES string of the molecule is Cc1cc(CN(C)C(=O)NC2CCCc3cc(OC(F)F)ccc32)no1. The summed E-state index contributed by atoms with van der Waals surface area (Å²) in [5.41, 5.74) is 2.55. The number of amides is 2. The number of ether oxygens (including phenoxy) is 1. The standard InChI is InChI=1S/C18H21F2N3O3/c1-11-8-13(22-26-11)10-23(2)18(24)21-16-5-3-4-12-9-14(25-17(19)20)6-7-15(12)16/h6-9,16-17H,3-5,10H2,1-2H3,(H,21,24). The van der Waals surface area contributed by atoms with Crippen molar-refractivity contribution in [2.24, 2.45) is 0 Å². The number of nitrogens with zero attached hydrogens (tertiary/aromatic N) is 2. The van der Waals surface area contributed by atoms with Crippen molar-refractivity contribution < 1.29 is 22.8 Å². The number of alkyl halides is 2. The van der Waals surface area contributed by atoms with Crippen LogP contribution in [0, 0.1) is 6.92 Å². The molecule has 0 saturated heterocycles. The summed E-state index contributed by atoms with van der Waals surface area (Å²) in [6.45, 7) is -0.716. The molecule has 1 aliphatic carbocycles. The lowest BCUT2D eigenvalue weighted by Crippen LogP contribution is -2.40. The number of urea groups is 1. The molecule has 0 bridgehead atoms. The van der Waals surface area contributed by atoms with Crippen molar-refractivity contribution in [1.82, 2.24) is 15.4 Å². The fourth-order valence-corrected chi connectivity index (χ4v) is 3.18. The average Bonchev–Trinajstić information content (AvgIpc) is 2.99. The molecule has 26 heavy (non-hydrogen) atoms. The van der Waals surface area contributed by atoms with E-state index in [1.54, 1.807) is 32.2 Å². The van der Waals surface area contributed by atoms with Gasteiger partial charge in [-0.05, 0) is 49.4 Å². The number of aryl methyl sites for hydroxylation is 2. The van der Waals surface area contributed by atoms with E-state index >= 15 is 0 Å². The minimum atomic E-state index is -2.85. The Bertz CT molecular complexity index is 779. The van der Waals surface area contributed by atoms with Gasteiger partial charge in [0.2, 0.25) is 0 Å². The van der Waals surface area contributed by atoms with Crippen LogP contribution in [0.5, 0.6) is 5.75 Å². The van der Waals surface area contributed by atoms with Crippen molar-refractivity contribution >= 4 is 6.03 Å². The number of nitrogens with one attached hydrogen (secondary N) is 1. The summed E-state index contributed by atoms with van der Waals surface area (Å²) >= 11 is 0. The number of rotatable bonds is 5. The van der Waals surface area contributed by atoms with E-state index in [-0.39, 0.29) is 17.8 Å². The van der Waals surface area contributed by atoms with Crippen LogP contribution >= 0.6 is 0 Å². The van der Waals surface area contributed by atoms with Gasteiger partial charge in [0.25, 0.3) is 0 Å². The molecule has 1 heterocycles. The van der Waals surface area contributed by atoms with Crippen molar-refractivity contribution in [3.8, 4) is 5.75 Å². The minimum absolute atomic E-state index is 0.143. The van der Waals surface area contributed by atoms with E-state index < -0.39 is 6.61 Å². The van der Waals surface area contributed by atoms with Gasteiger partial charge in [0.1, 0.15) is 17.2 Å². The lowest BCUT2D eigenvalue weighted by molar-refractivity contribution is -0.0499. The molecule has 1 unspecified atom stereocenters. The molecule has 2 amide bonds.